The van der Waals surface area contributed by atoms with E-state index in [0.29, 0.717) is 34.8 Å². The van der Waals surface area contributed by atoms with Gasteiger partial charge < -0.3 is 4.90 Å². The Morgan fingerprint density at radius 1 is 0.839 bits per heavy atom. The minimum absolute atomic E-state index is 0.0897. The Balaban J connectivity index is 1.45. The van der Waals surface area contributed by atoms with Gasteiger partial charge in [-0.05, 0) is 42.8 Å². The second-order valence-corrected chi connectivity index (χ2v) is 8.38. The lowest BCUT2D eigenvalue weighted by Gasteiger charge is -2.35. The van der Waals surface area contributed by atoms with Gasteiger partial charge in [-0.25, -0.2) is 0 Å². The van der Waals surface area contributed by atoms with Gasteiger partial charge in [0, 0.05) is 48.9 Å². The maximum absolute atomic E-state index is 13.3. The van der Waals surface area contributed by atoms with Gasteiger partial charge in [0.15, 0.2) is 5.78 Å². The van der Waals surface area contributed by atoms with Crippen LogP contribution in [0.4, 0.5) is 0 Å². The Bertz CT molecular complexity index is 1090. The largest absolute Gasteiger partial charge is 0.336 e. The molecule has 31 heavy (non-hydrogen) atoms. The summed E-state index contributed by atoms with van der Waals surface area (Å²) in [6.45, 7) is 5.90. The van der Waals surface area contributed by atoms with Crippen molar-refractivity contribution < 1.29 is 9.59 Å². The smallest absolute Gasteiger partial charge is 0.254 e. The Kier molecular flexibility index (Phi) is 6.50. The van der Waals surface area contributed by atoms with Gasteiger partial charge >= 0.3 is 0 Å². The Labute approximate surface area is 188 Å². The second kappa shape index (κ2) is 9.46. The summed E-state index contributed by atoms with van der Waals surface area (Å²) in [5.41, 5.74) is 3.95. The zero-order chi connectivity index (χ0) is 21.8. The number of nitrogens with zero attached hydrogens (tertiary/aromatic N) is 2. The van der Waals surface area contributed by atoms with Crippen LogP contribution in [0.15, 0.2) is 72.8 Å². The molecular weight excluding hydrogens is 408 g/mol. The summed E-state index contributed by atoms with van der Waals surface area (Å²) in [5, 5.41) is 0.574. The van der Waals surface area contributed by atoms with E-state index in [0.717, 1.165) is 19.6 Å². The number of aryl methyl sites for hydroxylation is 1. The van der Waals surface area contributed by atoms with Crippen LogP contribution in [-0.2, 0) is 6.54 Å². The monoisotopic (exact) mass is 432 g/mol. The molecule has 0 spiro atoms. The van der Waals surface area contributed by atoms with E-state index in [1.807, 2.05) is 4.90 Å². The fourth-order valence-electron chi connectivity index (χ4n) is 3.97. The van der Waals surface area contributed by atoms with Crippen LogP contribution in [0, 0.1) is 6.92 Å². The van der Waals surface area contributed by atoms with Crippen molar-refractivity contribution in [2.75, 3.05) is 26.2 Å². The minimum atomic E-state index is -0.168. The normalized spacial score (nSPS) is 14.5. The van der Waals surface area contributed by atoms with Gasteiger partial charge in [0.1, 0.15) is 0 Å². The van der Waals surface area contributed by atoms with E-state index in [-0.39, 0.29) is 11.7 Å². The molecule has 0 bridgehead atoms. The Hall–Kier alpha value is -2.95. The highest BCUT2D eigenvalue weighted by atomic mass is 35.5. The molecule has 158 valence electrons. The average molecular weight is 433 g/mol. The number of hydrogen-bond donors (Lipinski definition) is 0. The van der Waals surface area contributed by atoms with Crippen molar-refractivity contribution in [1.82, 2.24) is 9.80 Å². The summed E-state index contributed by atoms with van der Waals surface area (Å²) in [7, 11) is 0. The number of carbonyl (C=O) groups is 2. The van der Waals surface area contributed by atoms with Gasteiger partial charge in [0.2, 0.25) is 0 Å². The molecule has 3 aromatic rings. The second-order valence-electron chi connectivity index (χ2n) is 7.94. The zero-order valence-electron chi connectivity index (χ0n) is 17.6. The molecule has 3 aromatic carbocycles. The first-order chi connectivity index (χ1) is 15.0. The summed E-state index contributed by atoms with van der Waals surface area (Å²) >= 11 is 5.94. The zero-order valence-corrected chi connectivity index (χ0v) is 18.3. The minimum Gasteiger partial charge on any atom is -0.336 e. The molecule has 0 aromatic heterocycles. The number of hydrogen-bond acceptors (Lipinski definition) is 3. The fourth-order valence-corrected chi connectivity index (χ4v) is 4.10. The van der Waals surface area contributed by atoms with Crippen LogP contribution in [0.1, 0.15) is 37.4 Å². The number of amides is 1. The molecule has 0 atom stereocenters. The third kappa shape index (κ3) is 5.04. The van der Waals surface area contributed by atoms with Crippen LogP contribution in [-0.4, -0.2) is 47.7 Å². The quantitative estimate of drug-likeness (QED) is 0.542. The van der Waals surface area contributed by atoms with Gasteiger partial charge in [0.05, 0.1) is 5.56 Å². The van der Waals surface area contributed by atoms with Crippen LogP contribution in [0.2, 0.25) is 5.02 Å². The summed E-state index contributed by atoms with van der Waals surface area (Å²) in [6, 6.07) is 22.3. The highest BCUT2D eigenvalue weighted by Gasteiger charge is 2.25. The summed E-state index contributed by atoms with van der Waals surface area (Å²) < 4.78 is 0. The molecule has 1 amide bonds. The van der Waals surface area contributed by atoms with E-state index in [9.17, 15) is 9.59 Å². The molecule has 0 N–H and O–H groups in total. The molecule has 0 saturated carbocycles. The van der Waals surface area contributed by atoms with Gasteiger partial charge in [-0.1, -0.05) is 59.6 Å². The third-order valence-electron chi connectivity index (χ3n) is 5.66. The van der Waals surface area contributed by atoms with E-state index in [1.54, 1.807) is 48.5 Å². The lowest BCUT2D eigenvalue weighted by atomic mass is 9.97. The highest BCUT2D eigenvalue weighted by Crippen LogP contribution is 2.20. The molecule has 1 aliphatic heterocycles. The molecule has 4 rings (SSSR count). The average Bonchev–Trinajstić information content (AvgIpc) is 2.79. The van der Waals surface area contributed by atoms with Crippen LogP contribution in [0.25, 0.3) is 0 Å². The Morgan fingerprint density at radius 3 is 2.19 bits per heavy atom. The van der Waals surface area contributed by atoms with E-state index >= 15 is 0 Å². The predicted molar refractivity (Wildman–Crippen MR) is 124 cm³/mol. The highest BCUT2D eigenvalue weighted by molar-refractivity contribution is 6.30. The molecule has 5 heteroatoms. The number of piperazine rings is 1. The van der Waals surface area contributed by atoms with Crippen molar-refractivity contribution in [1.29, 1.82) is 0 Å². The molecule has 0 radical (unpaired) electrons. The maximum atomic E-state index is 13.3. The fraction of sp³-hybridized carbons (Fsp3) is 0.231. The van der Waals surface area contributed by atoms with Crippen molar-refractivity contribution in [2.45, 2.75) is 13.5 Å². The van der Waals surface area contributed by atoms with Gasteiger partial charge in [0.25, 0.3) is 5.91 Å². The van der Waals surface area contributed by atoms with E-state index < -0.39 is 0 Å². The predicted octanol–water partition coefficient (Wildman–Crippen LogP) is 4.84. The van der Waals surface area contributed by atoms with Gasteiger partial charge in [-0.15, -0.1) is 0 Å². The number of ketones is 1. The molecule has 1 heterocycles. The molecule has 0 unspecified atom stereocenters. The number of rotatable bonds is 5. The van der Waals surface area contributed by atoms with Gasteiger partial charge in [-0.3, -0.25) is 14.5 Å². The van der Waals surface area contributed by atoms with Crippen molar-refractivity contribution in [3.05, 3.63) is 106 Å². The maximum Gasteiger partial charge on any atom is 0.254 e. The number of benzene rings is 3. The topological polar surface area (TPSA) is 40.6 Å². The van der Waals surface area contributed by atoms with Crippen LogP contribution in [0.5, 0.6) is 0 Å². The van der Waals surface area contributed by atoms with Gasteiger partial charge in [-0.2, -0.15) is 0 Å². The molecule has 1 saturated heterocycles. The van der Waals surface area contributed by atoms with Crippen molar-refractivity contribution in [3.8, 4) is 0 Å². The number of halogens is 1. The first kappa shape index (κ1) is 21.3. The third-order valence-corrected chi connectivity index (χ3v) is 5.91. The SMILES string of the molecule is Cc1cccc(CN2CCN(C(=O)c3ccccc3C(=O)c3ccc(Cl)cc3)CC2)c1. The first-order valence-corrected chi connectivity index (χ1v) is 10.9. The van der Waals surface area contributed by atoms with Crippen molar-refractivity contribution in [3.63, 3.8) is 0 Å². The molecule has 1 aliphatic rings. The van der Waals surface area contributed by atoms with Crippen LogP contribution in [0.3, 0.4) is 0 Å². The molecule has 1 fully saturated rings. The van der Waals surface area contributed by atoms with Crippen molar-refractivity contribution in [2.24, 2.45) is 0 Å². The summed E-state index contributed by atoms with van der Waals surface area (Å²) in [6.07, 6.45) is 0. The number of carbonyl (C=O) groups excluding carboxylic acids is 2. The molecule has 0 aliphatic carbocycles. The standard InChI is InChI=1S/C26H25ClN2O2/c1-19-5-4-6-20(17-19)18-28-13-15-29(16-14-28)26(31)24-8-3-2-7-23(24)25(30)21-9-11-22(27)12-10-21/h2-12,17H,13-16,18H2,1H3. The van der Waals surface area contributed by atoms with E-state index in [4.69, 9.17) is 11.6 Å². The molecule has 4 nitrogen and oxygen atoms in total. The summed E-state index contributed by atoms with van der Waals surface area (Å²) in [5.74, 6) is -0.258. The summed E-state index contributed by atoms with van der Waals surface area (Å²) in [4.78, 5) is 30.5. The van der Waals surface area contributed by atoms with Crippen molar-refractivity contribution >= 4 is 23.3 Å². The van der Waals surface area contributed by atoms with Crippen LogP contribution >= 0.6 is 11.6 Å². The lowest BCUT2D eigenvalue weighted by molar-refractivity contribution is 0.0625. The Morgan fingerprint density at radius 2 is 1.52 bits per heavy atom. The van der Waals surface area contributed by atoms with E-state index in [2.05, 4.69) is 36.1 Å². The van der Waals surface area contributed by atoms with Crippen LogP contribution < -0.4 is 0 Å². The molecular formula is C26H25ClN2O2. The van der Waals surface area contributed by atoms with E-state index in [1.165, 1.54) is 11.1 Å². The lowest BCUT2D eigenvalue weighted by Crippen LogP contribution is -2.48. The first-order valence-electron chi connectivity index (χ1n) is 10.5.